The first-order valence-corrected chi connectivity index (χ1v) is 6.45. The van der Waals surface area contributed by atoms with Gasteiger partial charge in [0, 0.05) is 0 Å². The lowest BCUT2D eigenvalue weighted by atomic mass is 10.2. The highest BCUT2D eigenvalue weighted by Crippen LogP contribution is 2.06. The number of ether oxygens (including phenoxy) is 2. The molecule has 0 heterocycles. The average molecular weight is 244 g/mol. The van der Waals surface area contributed by atoms with Crippen LogP contribution in [-0.2, 0) is 19.1 Å². The van der Waals surface area contributed by atoms with E-state index < -0.39 is 0 Å². The van der Waals surface area contributed by atoms with Gasteiger partial charge in [-0.3, -0.25) is 9.59 Å². The first-order valence-electron chi connectivity index (χ1n) is 6.45. The molecule has 0 aliphatic carbocycles. The highest BCUT2D eigenvalue weighted by atomic mass is 16.5. The second-order valence-corrected chi connectivity index (χ2v) is 4.16. The summed E-state index contributed by atoms with van der Waals surface area (Å²) in [4.78, 5) is 22.5. The van der Waals surface area contributed by atoms with Gasteiger partial charge in [-0.15, -0.1) is 0 Å². The Kier molecular flexibility index (Phi) is 9.49. The maximum atomic E-state index is 11.4. The number of hydrogen-bond acceptors (Lipinski definition) is 4. The van der Waals surface area contributed by atoms with E-state index in [-0.39, 0.29) is 30.9 Å². The number of esters is 2. The van der Waals surface area contributed by atoms with Gasteiger partial charge in [-0.05, 0) is 19.8 Å². The van der Waals surface area contributed by atoms with Crippen molar-refractivity contribution in [2.45, 2.75) is 65.4 Å². The summed E-state index contributed by atoms with van der Waals surface area (Å²) in [7, 11) is 0. The van der Waals surface area contributed by atoms with Crippen LogP contribution in [0, 0.1) is 0 Å². The molecule has 17 heavy (non-hydrogen) atoms. The van der Waals surface area contributed by atoms with Gasteiger partial charge in [-0.1, -0.05) is 26.7 Å². The molecule has 0 aromatic heterocycles. The third-order valence-electron chi connectivity index (χ3n) is 2.30. The summed E-state index contributed by atoms with van der Waals surface area (Å²) in [6.45, 7) is 6.32. The standard InChI is InChI=1S/C13H24O4/c1-4-6-7-11(3)17-13(15)9-8-12(14)16-10-5-2/h11H,4-10H2,1-3H3. The quantitative estimate of drug-likeness (QED) is 0.585. The van der Waals surface area contributed by atoms with Gasteiger partial charge in [0.05, 0.1) is 25.6 Å². The van der Waals surface area contributed by atoms with Crippen molar-refractivity contribution in [2.24, 2.45) is 0 Å². The molecule has 0 bridgehead atoms. The van der Waals surface area contributed by atoms with Crippen molar-refractivity contribution in [3.8, 4) is 0 Å². The Morgan fingerprint density at radius 3 is 2.29 bits per heavy atom. The summed E-state index contributed by atoms with van der Waals surface area (Å²) in [5.41, 5.74) is 0. The Bertz CT molecular complexity index is 225. The lowest BCUT2D eigenvalue weighted by Gasteiger charge is -2.12. The van der Waals surface area contributed by atoms with Crippen LogP contribution in [-0.4, -0.2) is 24.6 Å². The zero-order valence-corrected chi connectivity index (χ0v) is 11.2. The van der Waals surface area contributed by atoms with Crippen molar-refractivity contribution in [3.05, 3.63) is 0 Å². The number of hydrogen-bond donors (Lipinski definition) is 0. The molecule has 4 nitrogen and oxygen atoms in total. The van der Waals surface area contributed by atoms with E-state index in [0.29, 0.717) is 6.61 Å². The van der Waals surface area contributed by atoms with Crippen LogP contribution in [0.3, 0.4) is 0 Å². The molecule has 0 aliphatic rings. The van der Waals surface area contributed by atoms with Gasteiger partial charge in [-0.25, -0.2) is 0 Å². The molecule has 100 valence electrons. The first kappa shape index (κ1) is 15.9. The van der Waals surface area contributed by atoms with Gasteiger partial charge in [0.1, 0.15) is 0 Å². The Hall–Kier alpha value is -1.06. The summed E-state index contributed by atoms with van der Waals surface area (Å²) < 4.78 is 10.0. The summed E-state index contributed by atoms with van der Waals surface area (Å²) in [6.07, 6.45) is 3.97. The van der Waals surface area contributed by atoms with E-state index in [9.17, 15) is 9.59 Å². The maximum absolute atomic E-state index is 11.4. The average Bonchev–Trinajstić information content (AvgIpc) is 2.31. The van der Waals surface area contributed by atoms with Gasteiger partial charge in [0.25, 0.3) is 0 Å². The SMILES string of the molecule is CCCCC(C)OC(=O)CCC(=O)OCCC. The second kappa shape index (κ2) is 10.1. The summed E-state index contributed by atoms with van der Waals surface area (Å²) in [5.74, 6) is -0.646. The third-order valence-corrected chi connectivity index (χ3v) is 2.30. The molecule has 0 aromatic rings. The second-order valence-electron chi connectivity index (χ2n) is 4.16. The minimum absolute atomic E-state index is 0.0610. The van der Waals surface area contributed by atoms with E-state index >= 15 is 0 Å². The van der Waals surface area contributed by atoms with Crippen molar-refractivity contribution in [1.82, 2.24) is 0 Å². The molecular weight excluding hydrogens is 220 g/mol. The van der Waals surface area contributed by atoms with E-state index in [1.807, 2.05) is 13.8 Å². The number of rotatable bonds is 9. The lowest BCUT2D eigenvalue weighted by molar-refractivity contribution is -0.153. The van der Waals surface area contributed by atoms with Gasteiger partial charge in [0.15, 0.2) is 0 Å². The van der Waals surface area contributed by atoms with Gasteiger partial charge < -0.3 is 9.47 Å². The normalized spacial score (nSPS) is 11.9. The van der Waals surface area contributed by atoms with Crippen molar-refractivity contribution in [1.29, 1.82) is 0 Å². The minimum Gasteiger partial charge on any atom is -0.466 e. The van der Waals surface area contributed by atoms with Crippen LogP contribution >= 0.6 is 0 Å². The van der Waals surface area contributed by atoms with Crippen molar-refractivity contribution < 1.29 is 19.1 Å². The van der Waals surface area contributed by atoms with E-state index in [2.05, 4.69) is 6.92 Å². The van der Waals surface area contributed by atoms with Crippen LogP contribution in [0.5, 0.6) is 0 Å². The van der Waals surface area contributed by atoms with E-state index in [1.165, 1.54) is 0 Å². The highest BCUT2D eigenvalue weighted by molar-refractivity contribution is 5.77. The van der Waals surface area contributed by atoms with Gasteiger partial charge >= 0.3 is 11.9 Å². The lowest BCUT2D eigenvalue weighted by Crippen LogP contribution is -2.16. The first-order chi connectivity index (χ1) is 8.10. The zero-order valence-electron chi connectivity index (χ0n) is 11.2. The Balaban J connectivity index is 3.61. The molecule has 0 aliphatic heterocycles. The van der Waals surface area contributed by atoms with Crippen molar-refractivity contribution in [3.63, 3.8) is 0 Å². The molecule has 0 rings (SSSR count). The minimum atomic E-state index is -0.329. The van der Waals surface area contributed by atoms with Crippen molar-refractivity contribution in [2.75, 3.05) is 6.61 Å². The molecule has 0 fully saturated rings. The summed E-state index contributed by atoms with van der Waals surface area (Å²) >= 11 is 0. The molecule has 0 aromatic carbocycles. The van der Waals surface area contributed by atoms with Crippen LogP contribution in [0.15, 0.2) is 0 Å². The number of carbonyl (C=O) groups is 2. The maximum Gasteiger partial charge on any atom is 0.306 e. The van der Waals surface area contributed by atoms with Crippen LogP contribution in [0.4, 0.5) is 0 Å². The summed E-state index contributed by atoms with van der Waals surface area (Å²) in [6, 6.07) is 0. The van der Waals surface area contributed by atoms with Crippen LogP contribution in [0.2, 0.25) is 0 Å². The Morgan fingerprint density at radius 1 is 1.06 bits per heavy atom. The fourth-order valence-electron chi connectivity index (χ4n) is 1.33. The molecule has 1 atom stereocenters. The molecule has 0 saturated heterocycles. The largest absolute Gasteiger partial charge is 0.466 e. The molecule has 0 N–H and O–H groups in total. The van der Waals surface area contributed by atoms with E-state index in [1.54, 1.807) is 0 Å². The third kappa shape index (κ3) is 9.85. The van der Waals surface area contributed by atoms with Crippen molar-refractivity contribution >= 4 is 11.9 Å². The topological polar surface area (TPSA) is 52.6 Å². The molecule has 0 spiro atoms. The molecule has 0 amide bonds. The number of unbranched alkanes of at least 4 members (excludes halogenated alkanes) is 1. The predicted octanol–water partition coefficient (Wildman–Crippen LogP) is 2.84. The smallest absolute Gasteiger partial charge is 0.306 e. The van der Waals surface area contributed by atoms with Crippen LogP contribution in [0.1, 0.15) is 59.3 Å². The van der Waals surface area contributed by atoms with Gasteiger partial charge in [0.2, 0.25) is 0 Å². The predicted molar refractivity (Wildman–Crippen MR) is 65.6 cm³/mol. The molecule has 0 saturated carbocycles. The van der Waals surface area contributed by atoms with Crippen LogP contribution in [0.25, 0.3) is 0 Å². The fourth-order valence-corrected chi connectivity index (χ4v) is 1.33. The number of carbonyl (C=O) groups excluding carboxylic acids is 2. The van der Waals surface area contributed by atoms with E-state index in [0.717, 1.165) is 25.7 Å². The van der Waals surface area contributed by atoms with E-state index in [4.69, 9.17) is 9.47 Å². The summed E-state index contributed by atoms with van der Waals surface area (Å²) in [5, 5.41) is 0. The Labute approximate surface area is 104 Å². The van der Waals surface area contributed by atoms with Crippen LogP contribution < -0.4 is 0 Å². The molecule has 4 heteroatoms. The zero-order chi connectivity index (χ0) is 13.1. The molecule has 1 unspecified atom stereocenters. The Morgan fingerprint density at radius 2 is 1.71 bits per heavy atom. The monoisotopic (exact) mass is 244 g/mol. The molecular formula is C13H24O4. The molecule has 0 radical (unpaired) electrons. The van der Waals surface area contributed by atoms with Gasteiger partial charge in [-0.2, -0.15) is 0 Å². The fraction of sp³-hybridized carbons (Fsp3) is 0.846. The highest BCUT2D eigenvalue weighted by Gasteiger charge is 2.11.